The minimum Gasteiger partial charge on any atom is -0.326 e. The Morgan fingerprint density at radius 1 is 1.61 bits per heavy atom. The van der Waals surface area contributed by atoms with E-state index in [1.807, 2.05) is 13.8 Å². The molecule has 102 valence electrons. The highest BCUT2D eigenvalue weighted by Gasteiger charge is 2.29. The first-order valence-electron chi connectivity index (χ1n) is 5.45. The lowest BCUT2D eigenvalue weighted by Crippen LogP contribution is -2.36. The molecule has 0 aliphatic heterocycles. The molecule has 0 fully saturated rings. The summed E-state index contributed by atoms with van der Waals surface area (Å²) in [6, 6.07) is 1.50. The Kier molecular flexibility index (Phi) is 5.54. The van der Waals surface area contributed by atoms with Crippen LogP contribution in [0.1, 0.15) is 18.7 Å². The number of hydrogen-bond acceptors (Lipinski definition) is 4. The maximum absolute atomic E-state index is 12.5. The molecule has 0 aliphatic rings. The lowest BCUT2D eigenvalue weighted by atomic mass is 10.4. The predicted octanol–water partition coefficient (Wildman–Crippen LogP) is 2.55. The van der Waals surface area contributed by atoms with Crippen molar-refractivity contribution >= 4 is 37.3 Å². The molecule has 18 heavy (non-hydrogen) atoms. The molecule has 0 bridgehead atoms. The fourth-order valence-corrected chi connectivity index (χ4v) is 5.63. The van der Waals surface area contributed by atoms with Crippen LogP contribution in [0.4, 0.5) is 0 Å². The number of thiophene rings is 1. The van der Waals surface area contributed by atoms with Gasteiger partial charge in [0.2, 0.25) is 10.0 Å². The molecule has 2 N–H and O–H groups in total. The zero-order chi connectivity index (χ0) is 13.9. The number of nitrogens with zero attached hydrogens (tertiary/aromatic N) is 1. The van der Waals surface area contributed by atoms with Gasteiger partial charge in [-0.05, 0) is 35.8 Å². The Bertz CT molecular complexity index is 523. The number of halogens is 1. The van der Waals surface area contributed by atoms with Gasteiger partial charge in [-0.15, -0.1) is 17.9 Å². The lowest BCUT2D eigenvalue weighted by Gasteiger charge is -2.24. The van der Waals surface area contributed by atoms with Gasteiger partial charge >= 0.3 is 0 Å². The fraction of sp³-hybridized carbons (Fsp3) is 0.455. The van der Waals surface area contributed by atoms with E-state index in [9.17, 15) is 8.42 Å². The van der Waals surface area contributed by atoms with E-state index in [2.05, 4.69) is 22.5 Å². The van der Waals surface area contributed by atoms with Gasteiger partial charge in [-0.2, -0.15) is 4.31 Å². The average molecular weight is 353 g/mol. The third kappa shape index (κ3) is 3.21. The lowest BCUT2D eigenvalue weighted by molar-refractivity contribution is 0.383. The van der Waals surface area contributed by atoms with Crippen molar-refractivity contribution in [3.8, 4) is 0 Å². The van der Waals surface area contributed by atoms with Crippen molar-refractivity contribution in [2.45, 2.75) is 31.3 Å². The average Bonchev–Trinajstić information content (AvgIpc) is 2.67. The number of rotatable bonds is 6. The highest BCUT2D eigenvalue weighted by Crippen LogP contribution is 2.33. The van der Waals surface area contributed by atoms with Gasteiger partial charge in [-0.25, -0.2) is 8.42 Å². The maximum atomic E-state index is 12.5. The van der Waals surface area contributed by atoms with Gasteiger partial charge in [0.15, 0.2) is 0 Å². The van der Waals surface area contributed by atoms with E-state index in [1.54, 1.807) is 12.1 Å². The molecule has 1 rings (SSSR count). The second-order valence-corrected chi connectivity index (χ2v) is 8.33. The molecule has 1 aromatic heterocycles. The van der Waals surface area contributed by atoms with Crippen LogP contribution < -0.4 is 5.73 Å². The van der Waals surface area contributed by atoms with Crippen LogP contribution in [0.5, 0.6) is 0 Å². The summed E-state index contributed by atoms with van der Waals surface area (Å²) in [7, 11) is -3.51. The summed E-state index contributed by atoms with van der Waals surface area (Å²) in [6.07, 6.45) is 1.58. The number of hydrogen-bond donors (Lipinski definition) is 1. The zero-order valence-electron chi connectivity index (χ0n) is 10.4. The predicted molar refractivity (Wildman–Crippen MR) is 79.1 cm³/mol. The van der Waals surface area contributed by atoms with Gasteiger partial charge in [0.1, 0.15) is 4.90 Å². The minimum absolute atomic E-state index is 0.124. The van der Waals surface area contributed by atoms with Crippen molar-refractivity contribution in [2.75, 3.05) is 6.54 Å². The maximum Gasteiger partial charge on any atom is 0.245 e. The summed E-state index contributed by atoms with van der Waals surface area (Å²) < 4.78 is 27.1. The summed E-state index contributed by atoms with van der Waals surface area (Å²) in [6.45, 7) is 7.90. The highest BCUT2D eigenvalue weighted by atomic mass is 79.9. The third-order valence-electron chi connectivity index (χ3n) is 2.38. The van der Waals surface area contributed by atoms with Crippen molar-refractivity contribution in [3.05, 3.63) is 27.4 Å². The second kappa shape index (κ2) is 6.29. The van der Waals surface area contributed by atoms with E-state index in [-0.39, 0.29) is 10.9 Å². The molecule has 0 amide bonds. The van der Waals surface area contributed by atoms with Gasteiger partial charge in [0, 0.05) is 24.0 Å². The molecule has 7 heteroatoms. The molecule has 4 nitrogen and oxygen atoms in total. The van der Waals surface area contributed by atoms with Crippen LogP contribution in [0.2, 0.25) is 0 Å². The van der Waals surface area contributed by atoms with Crippen LogP contribution in [0.15, 0.2) is 27.4 Å². The molecule has 1 heterocycles. The second-order valence-electron chi connectivity index (χ2n) is 4.01. The van der Waals surface area contributed by atoms with Crippen LogP contribution in [0.25, 0.3) is 0 Å². The highest BCUT2D eigenvalue weighted by molar-refractivity contribution is 9.11. The summed E-state index contributed by atoms with van der Waals surface area (Å²) in [5.74, 6) is 0. The summed E-state index contributed by atoms with van der Waals surface area (Å²) >= 11 is 4.64. The van der Waals surface area contributed by atoms with Crippen molar-refractivity contribution in [1.29, 1.82) is 0 Å². The molecule has 1 aromatic rings. The van der Waals surface area contributed by atoms with Gasteiger partial charge < -0.3 is 5.73 Å². The van der Waals surface area contributed by atoms with E-state index in [4.69, 9.17) is 5.73 Å². The van der Waals surface area contributed by atoms with Crippen molar-refractivity contribution in [2.24, 2.45) is 5.73 Å². The third-order valence-corrected chi connectivity index (χ3v) is 6.70. The van der Waals surface area contributed by atoms with Gasteiger partial charge in [-0.1, -0.05) is 6.08 Å². The zero-order valence-corrected chi connectivity index (χ0v) is 13.6. The van der Waals surface area contributed by atoms with E-state index in [1.165, 1.54) is 15.6 Å². The summed E-state index contributed by atoms with van der Waals surface area (Å²) in [5.41, 5.74) is 5.53. The van der Waals surface area contributed by atoms with E-state index >= 15 is 0 Å². The summed E-state index contributed by atoms with van der Waals surface area (Å²) in [5, 5.41) is 0. The minimum atomic E-state index is -3.51. The summed E-state index contributed by atoms with van der Waals surface area (Å²) in [4.78, 5) is 1.12. The first kappa shape index (κ1) is 15.8. The fourth-order valence-electron chi connectivity index (χ4n) is 1.51. The Morgan fingerprint density at radius 2 is 2.22 bits per heavy atom. The smallest absolute Gasteiger partial charge is 0.245 e. The molecule has 0 aliphatic carbocycles. The van der Waals surface area contributed by atoms with E-state index in [0.717, 1.165) is 4.88 Å². The van der Waals surface area contributed by atoms with Gasteiger partial charge in [0.05, 0.1) is 3.79 Å². The monoisotopic (exact) mass is 352 g/mol. The Labute approximate surface area is 121 Å². The molecule has 0 unspecified atom stereocenters. The molecule has 0 saturated carbocycles. The molecule has 0 spiro atoms. The molecule has 0 radical (unpaired) electrons. The largest absolute Gasteiger partial charge is 0.326 e. The first-order chi connectivity index (χ1) is 8.34. The van der Waals surface area contributed by atoms with Crippen LogP contribution >= 0.6 is 27.3 Å². The van der Waals surface area contributed by atoms with E-state index < -0.39 is 10.0 Å². The standard InChI is InChI=1S/C11H17BrN2O2S2/c1-4-5-14(8(2)3)18(15,16)10-6-9(7-13)17-11(10)12/h4,6,8H,1,5,7,13H2,2-3H3. The SMILES string of the molecule is C=CCN(C(C)C)S(=O)(=O)c1cc(CN)sc1Br. The normalized spacial score (nSPS) is 12.3. The Balaban J connectivity index is 3.25. The molecular formula is C11H17BrN2O2S2. The molecule has 0 saturated heterocycles. The van der Waals surface area contributed by atoms with Gasteiger partial charge in [-0.3, -0.25) is 0 Å². The van der Waals surface area contributed by atoms with Crippen molar-refractivity contribution in [1.82, 2.24) is 4.31 Å². The van der Waals surface area contributed by atoms with Crippen LogP contribution in [0, 0.1) is 0 Å². The van der Waals surface area contributed by atoms with Crippen LogP contribution in [-0.2, 0) is 16.6 Å². The van der Waals surface area contributed by atoms with Crippen LogP contribution in [-0.4, -0.2) is 25.3 Å². The Morgan fingerprint density at radius 3 is 2.61 bits per heavy atom. The van der Waals surface area contributed by atoms with E-state index in [0.29, 0.717) is 16.9 Å². The van der Waals surface area contributed by atoms with Crippen LogP contribution in [0.3, 0.4) is 0 Å². The number of nitrogens with two attached hydrogens (primary N) is 1. The van der Waals surface area contributed by atoms with Crippen molar-refractivity contribution < 1.29 is 8.42 Å². The van der Waals surface area contributed by atoms with Gasteiger partial charge in [0.25, 0.3) is 0 Å². The van der Waals surface area contributed by atoms with Crippen molar-refractivity contribution in [3.63, 3.8) is 0 Å². The molecular weight excluding hydrogens is 336 g/mol. The topological polar surface area (TPSA) is 63.4 Å². The Hall–Kier alpha value is -0.210. The molecule has 0 aromatic carbocycles. The molecule has 0 atom stereocenters. The number of sulfonamides is 1. The quantitative estimate of drug-likeness (QED) is 0.800. The first-order valence-corrected chi connectivity index (χ1v) is 8.50.